The molecule has 0 bridgehead atoms. The zero-order valence-electron chi connectivity index (χ0n) is 21.8. The number of nitrogens with zero attached hydrogens (tertiary/aromatic N) is 6. The van der Waals surface area contributed by atoms with Gasteiger partial charge in [0.05, 0.1) is 11.6 Å². The van der Waals surface area contributed by atoms with E-state index in [1.54, 1.807) is 0 Å². The third-order valence-corrected chi connectivity index (χ3v) is 8.27. The number of aromatic nitrogens is 1. The van der Waals surface area contributed by atoms with Crippen molar-refractivity contribution in [2.75, 3.05) is 62.7 Å². The molecular formula is C31H36N6. The van der Waals surface area contributed by atoms with Crippen molar-refractivity contribution < 1.29 is 0 Å². The molecule has 6 heteroatoms. The number of likely N-dealkylation sites (N-methyl/N-ethyl adjacent to an activating group) is 1. The summed E-state index contributed by atoms with van der Waals surface area (Å²) in [6.07, 6.45) is 3.37. The average Bonchev–Trinajstić information content (AvgIpc) is 3.49. The van der Waals surface area contributed by atoms with Gasteiger partial charge in [0.1, 0.15) is 17.7 Å². The van der Waals surface area contributed by atoms with E-state index >= 15 is 0 Å². The van der Waals surface area contributed by atoms with E-state index < -0.39 is 0 Å². The van der Waals surface area contributed by atoms with E-state index in [4.69, 9.17) is 4.98 Å². The summed E-state index contributed by atoms with van der Waals surface area (Å²) in [5, 5.41) is 10.3. The summed E-state index contributed by atoms with van der Waals surface area (Å²) in [6.45, 7) is 7.61. The third kappa shape index (κ3) is 4.70. The molecule has 0 aliphatic carbocycles. The van der Waals surface area contributed by atoms with Gasteiger partial charge < -0.3 is 14.7 Å². The normalized spacial score (nSPS) is 18.7. The van der Waals surface area contributed by atoms with Crippen molar-refractivity contribution >= 4 is 11.6 Å². The van der Waals surface area contributed by atoms with E-state index in [9.17, 15) is 5.26 Å². The van der Waals surface area contributed by atoms with Crippen LogP contribution in [0.1, 0.15) is 46.7 Å². The first-order valence-electron chi connectivity index (χ1n) is 13.7. The Morgan fingerprint density at radius 3 is 1.92 bits per heavy atom. The van der Waals surface area contributed by atoms with E-state index in [0.717, 1.165) is 76.0 Å². The lowest BCUT2D eigenvalue weighted by Crippen LogP contribution is -2.48. The Labute approximate surface area is 220 Å². The van der Waals surface area contributed by atoms with Crippen LogP contribution in [0.25, 0.3) is 0 Å². The first-order valence-corrected chi connectivity index (χ1v) is 13.7. The molecule has 0 N–H and O–H groups in total. The molecule has 0 unspecified atom stereocenters. The largest absolute Gasteiger partial charge is 0.356 e. The fraction of sp³-hybridized carbons (Fsp3) is 0.419. The molecule has 2 saturated heterocycles. The summed E-state index contributed by atoms with van der Waals surface area (Å²) in [5.74, 6) is 2.03. The maximum absolute atomic E-state index is 10.3. The Bertz CT molecular complexity index is 1210. The molecular weight excluding hydrogens is 456 g/mol. The van der Waals surface area contributed by atoms with Gasteiger partial charge in [-0.1, -0.05) is 60.7 Å². The van der Waals surface area contributed by atoms with Gasteiger partial charge in [0.25, 0.3) is 0 Å². The molecule has 3 aliphatic rings. The second-order valence-corrected chi connectivity index (χ2v) is 10.6. The van der Waals surface area contributed by atoms with Crippen molar-refractivity contribution in [2.24, 2.45) is 0 Å². The molecule has 0 spiro atoms. The van der Waals surface area contributed by atoms with E-state index in [0.29, 0.717) is 0 Å². The molecule has 0 amide bonds. The summed E-state index contributed by atoms with van der Waals surface area (Å²) in [7, 11) is 2.17. The number of nitriles is 1. The number of piperazine rings is 1. The van der Waals surface area contributed by atoms with Crippen LogP contribution in [-0.2, 0) is 13.0 Å². The van der Waals surface area contributed by atoms with Gasteiger partial charge >= 0.3 is 0 Å². The van der Waals surface area contributed by atoms with Gasteiger partial charge in [-0.2, -0.15) is 5.26 Å². The lowest BCUT2D eigenvalue weighted by Gasteiger charge is -2.41. The molecule has 2 fully saturated rings. The predicted octanol–water partition coefficient (Wildman–Crippen LogP) is 4.45. The standard InChI is InChI=1S/C31H36N6/c1-34-17-14-26-27(22-32)30(33-31(28(26)23-34)36-15-8-9-16-36)37-20-18-35(19-21-37)29(24-10-4-2-5-11-24)25-12-6-3-7-13-25/h2-7,10-13,29H,8-9,14-21,23H2,1H3. The highest BCUT2D eigenvalue weighted by molar-refractivity contribution is 5.68. The smallest absolute Gasteiger partial charge is 0.149 e. The van der Waals surface area contributed by atoms with E-state index in [2.05, 4.69) is 93.4 Å². The first-order chi connectivity index (χ1) is 18.2. The fourth-order valence-corrected chi connectivity index (χ4v) is 6.35. The van der Waals surface area contributed by atoms with Gasteiger partial charge in [-0.3, -0.25) is 4.90 Å². The highest BCUT2D eigenvalue weighted by atomic mass is 15.3. The zero-order chi connectivity index (χ0) is 25.2. The van der Waals surface area contributed by atoms with Gasteiger partial charge in [0, 0.05) is 57.9 Å². The summed E-state index contributed by atoms with van der Waals surface area (Å²) < 4.78 is 0. The number of pyridine rings is 1. The molecule has 37 heavy (non-hydrogen) atoms. The average molecular weight is 493 g/mol. The quantitative estimate of drug-likeness (QED) is 0.524. The molecule has 2 aromatic carbocycles. The highest BCUT2D eigenvalue weighted by Crippen LogP contribution is 2.37. The third-order valence-electron chi connectivity index (χ3n) is 8.27. The van der Waals surface area contributed by atoms with Gasteiger partial charge in [0.2, 0.25) is 0 Å². The van der Waals surface area contributed by atoms with Crippen molar-refractivity contribution in [1.29, 1.82) is 5.26 Å². The van der Waals surface area contributed by atoms with Crippen LogP contribution >= 0.6 is 0 Å². The molecule has 0 radical (unpaired) electrons. The Kier molecular flexibility index (Phi) is 6.82. The van der Waals surface area contributed by atoms with Crippen LogP contribution in [0, 0.1) is 11.3 Å². The molecule has 190 valence electrons. The number of rotatable bonds is 5. The van der Waals surface area contributed by atoms with Crippen LogP contribution < -0.4 is 9.80 Å². The van der Waals surface area contributed by atoms with E-state index in [1.807, 2.05) is 0 Å². The number of hydrogen-bond donors (Lipinski definition) is 0. The fourth-order valence-electron chi connectivity index (χ4n) is 6.35. The van der Waals surface area contributed by atoms with Gasteiger partial charge in [0.15, 0.2) is 0 Å². The van der Waals surface area contributed by atoms with Crippen LogP contribution in [0.5, 0.6) is 0 Å². The molecule has 3 aliphatic heterocycles. The summed E-state index contributed by atoms with van der Waals surface area (Å²) in [4.78, 5) is 15.0. The van der Waals surface area contributed by atoms with Crippen LogP contribution in [0.15, 0.2) is 60.7 Å². The lowest BCUT2D eigenvalue weighted by atomic mass is 9.94. The monoisotopic (exact) mass is 492 g/mol. The second kappa shape index (κ2) is 10.5. The van der Waals surface area contributed by atoms with Crippen LogP contribution in [0.4, 0.5) is 11.6 Å². The number of hydrogen-bond acceptors (Lipinski definition) is 6. The van der Waals surface area contributed by atoms with Crippen LogP contribution in [0.3, 0.4) is 0 Å². The second-order valence-electron chi connectivity index (χ2n) is 10.6. The zero-order valence-corrected chi connectivity index (χ0v) is 21.8. The Balaban J connectivity index is 1.31. The SMILES string of the molecule is CN1CCc2c(C#N)c(N3CCN(C(c4ccccc4)c4ccccc4)CC3)nc(N3CCCC3)c2C1. The highest BCUT2D eigenvalue weighted by Gasteiger charge is 2.32. The lowest BCUT2D eigenvalue weighted by molar-refractivity contribution is 0.212. The topological polar surface area (TPSA) is 49.6 Å². The first kappa shape index (κ1) is 24.0. The molecule has 0 saturated carbocycles. The summed E-state index contributed by atoms with van der Waals surface area (Å²) in [6, 6.07) is 24.5. The van der Waals surface area contributed by atoms with E-state index in [-0.39, 0.29) is 6.04 Å². The predicted molar refractivity (Wildman–Crippen MR) is 149 cm³/mol. The van der Waals surface area contributed by atoms with Crippen LogP contribution in [0.2, 0.25) is 0 Å². The van der Waals surface area contributed by atoms with Gasteiger partial charge in [-0.25, -0.2) is 4.98 Å². The number of anilines is 2. The van der Waals surface area contributed by atoms with Crippen molar-refractivity contribution in [2.45, 2.75) is 31.8 Å². The molecule has 6 rings (SSSR count). The Morgan fingerprint density at radius 1 is 0.730 bits per heavy atom. The maximum Gasteiger partial charge on any atom is 0.149 e. The minimum absolute atomic E-state index is 0.229. The summed E-state index contributed by atoms with van der Waals surface area (Å²) in [5.41, 5.74) is 5.98. The molecule has 6 nitrogen and oxygen atoms in total. The van der Waals surface area contributed by atoms with Gasteiger partial charge in [-0.05, 0) is 43.0 Å². The molecule has 4 heterocycles. The van der Waals surface area contributed by atoms with Gasteiger partial charge in [-0.15, -0.1) is 0 Å². The number of fused-ring (bicyclic) bond motifs is 1. The van der Waals surface area contributed by atoms with Crippen molar-refractivity contribution in [3.05, 3.63) is 88.5 Å². The molecule has 0 atom stereocenters. The van der Waals surface area contributed by atoms with Crippen molar-refractivity contribution in [3.8, 4) is 6.07 Å². The molecule has 3 aromatic rings. The minimum Gasteiger partial charge on any atom is -0.356 e. The summed E-state index contributed by atoms with van der Waals surface area (Å²) >= 11 is 0. The van der Waals surface area contributed by atoms with Crippen LogP contribution in [-0.4, -0.2) is 67.6 Å². The number of benzene rings is 2. The Morgan fingerprint density at radius 2 is 1.32 bits per heavy atom. The van der Waals surface area contributed by atoms with E-state index in [1.165, 1.54) is 35.1 Å². The minimum atomic E-state index is 0.229. The van der Waals surface area contributed by atoms with Crippen molar-refractivity contribution in [3.63, 3.8) is 0 Å². The molecule has 1 aromatic heterocycles. The Hall–Kier alpha value is -3.40. The van der Waals surface area contributed by atoms with Crippen molar-refractivity contribution in [1.82, 2.24) is 14.8 Å². The maximum atomic E-state index is 10.3.